The minimum atomic E-state index is -4.04. The Labute approximate surface area is 168 Å². The number of sulfone groups is 1. The van der Waals surface area contributed by atoms with E-state index in [4.69, 9.17) is 13.9 Å². The second kappa shape index (κ2) is 7.66. The molecule has 156 valence electrons. The first-order chi connectivity index (χ1) is 13.8. The number of benzene rings is 1. The first-order valence-corrected chi connectivity index (χ1v) is 11.2. The van der Waals surface area contributed by atoms with Crippen LogP contribution >= 0.6 is 0 Å². The first kappa shape index (κ1) is 19.7. The fourth-order valence-electron chi connectivity index (χ4n) is 3.81. The average molecular weight is 421 g/mol. The van der Waals surface area contributed by atoms with Crippen LogP contribution in [0.4, 0.5) is 0 Å². The van der Waals surface area contributed by atoms with Gasteiger partial charge >= 0.3 is 5.22 Å². The molecule has 1 aromatic carbocycles. The van der Waals surface area contributed by atoms with E-state index in [0.717, 1.165) is 6.42 Å². The molecule has 3 heterocycles. The van der Waals surface area contributed by atoms with E-state index in [0.29, 0.717) is 55.2 Å². The van der Waals surface area contributed by atoms with E-state index < -0.39 is 26.7 Å². The molecule has 2 atom stereocenters. The molecule has 10 heteroatoms. The molecule has 0 saturated carbocycles. The van der Waals surface area contributed by atoms with Gasteiger partial charge < -0.3 is 18.8 Å². The summed E-state index contributed by atoms with van der Waals surface area (Å²) in [6.45, 7) is 6.13. The molecular formula is C19H23N3O6S. The molecule has 0 radical (unpaired) electrons. The number of carbonyl (C=O) groups excluding carboxylic acids is 1. The molecule has 4 rings (SSSR count). The summed E-state index contributed by atoms with van der Waals surface area (Å²) in [6, 6.07) is 5.03. The highest BCUT2D eigenvalue weighted by Gasteiger charge is 2.32. The number of nitrogens with zero attached hydrogens (tertiary/aromatic N) is 3. The van der Waals surface area contributed by atoms with E-state index in [-0.39, 0.29) is 5.89 Å². The summed E-state index contributed by atoms with van der Waals surface area (Å²) in [4.78, 5) is 14.1. The van der Waals surface area contributed by atoms with Gasteiger partial charge in [0.25, 0.3) is 0 Å². The molecule has 0 aliphatic carbocycles. The summed E-state index contributed by atoms with van der Waals surface area (Å²) in [5.74, 6) is 0.722. The van der Waals surface area contributed by atoms with Crippen molar-refractivity contribution in [3.63, 3.8) is 0 Å². The zero-order chi connectivity index (χ0) is 20.6. The topological polar surface area (TPSA) is 112 Å². The van der Waals surface area contributed by atoms with Crippen LogP contribution in [-0.2, 0) is 14.6 Å². The Morgan fingerprint density at radius 3 is 2.52 bits per heavy atom. The summed E-state index contributed by atoms with van der Waals surface area (Å²) in [5, 5.41) is 6.92. The van der Waals surface area contributed by atoms with Gasteiger partial charge in [0.05, 0.1) is 0 Å². The van der Waals surface area contributed by atoms with Crippen LogP contribution < -0.4 is 9.47 Å². The molecule has 2 aromatic rings. The standard InChI is InChI=1S/C19H23N3O6S/c1-12-7-13(2)10-22(9-12)17(23)11-29(24,25)19-21-20-18(28-19)14-3-4-15-16(8-14)27-6-5-26-15/h3-4,8,12-13H,5-7,9-11H2,1-2H3. The molecule has 29 heavy (non-hydrogen) atoms. The van der Waals surface area contributed by atoms with Crippen LogP contribution in [0, 0.1) is 11.8 Å². The number of carbonyl (C=O) groups is 1. The van der Waals surface area contributed by atoms with Gasteiger partial charge in [0.2, 0.25) is 21.6 Å². The SMILES string of the molecule is CC1CC(C)CN(C(=O)CS(=O)(=O)c2nnc(-c3ccc4c(c3)OCCO4)o2)C1. The van der Waals surface area contributed by atoms with E-state index in [1.54, 1.807) is 23.1 Å². The van der Waals surface area contributed by atoms with E-state index >= 15 is 0 Å². The number of piperidine rings is 1. The normalized spacial score (nSPS) is 21.8. The van der Waals surface area contributed by atoms with Crippen LogP contribution in [0.3, 0.4) is 0 Å². The van der Waals surface area contributed by atoms with E-state index in [2.05, 4.69) is 24.0 Å². The molecule has 1 aromatic heterocycles. The Morgan fingerprint density at radius 1 is 1.10 bits per heavy atom. The molecule has 0 spiro atoms. The zero-order valence-corrected chi connectivity index (χ0v) is 17.1. The number of amides is 1. The Kier molecular flexibility index (Phi) is 5.20. The van der Waals surface area contributed by atoms with Crippen molar-refractivity contribution in [1.29, 1.82) is 0 Å². The van der Waals surface area contributed by atoms with Gasteiger partial charge in [-0.15, -0.1) is 5.10 Å². The number of rotatable bonds is 4. The largest absolute Gasteiger partial charge is 0.486 e. The number of fused-ring (bicyclic) bond motifs is 1. The molecule has 9 nitrogen and oxygen atoms in total. The molecule has 1 fully saturated rings. The quantitative estimate of drug-likeness (QED) is 0.734. The summed E-state index contributed by atoms with van der Waals surface area (Å²) in [7, 11) is -4.04. The fourth-order valence-corrected chi connectivity index (χ4v) is 4.81. The average Bonchev–Trinajstić information content (AvgIpc) is 3.18. The van der Waals surface area contributed by atoms with Gasteiger partial charge in [-0.25, -0.2) is 8.42 Å². The summed E-state index contributed by atoms with van der Waals surface area (Å²) in [5.41, 5.74) is 0.508. The molecule has 1 amide bonds. The Hall–Kier alpha value is -2.62. The zero-order valence-electron chi connectivity index (χ0n) is 16.3. The number of ether oxygens (including phenoxy) is 2. The van der Waals surface area contributed by atoms with Gasteiger partial charge in [-0.2, -0.15) is 0 Å². The van der Waals surface area contributed by atoms with Gasteiger partial charge in [-0.05, 0) is 36.5 Å². The number of hydrogen-bond donors (Lipinski definition) is 0. The monoisotopic (exact) mass is 421 g/mol. The maximum absolute atomic E-state index is 12.6. The van der Waals surface area contributed by atoms with Crippen molar-refractivity contribution in [2.75, 3.05) is 32.1 Å². The lowest BCUT2D eigenvalue weighted by atomic mass is 9.92. The highest BCUT2D eigenvalue weighted by atomic mass is 32.2. The minimum absolute atomic E-state index is 0.0354. The highest BCUT2D eigenvalue weighted by Crippen LogP contribution is 2.34. The maximum atomic E-state index is 12.6. The number of hydrogen-bond acceptors (Lipinski definition) is 8. The Bertz CT molecular complexity index is 1010. The number of aromatic nitrogens is 2. The predicted octanol–water partition coefficient (Wildman–Crippen LogP) is 1.79. The van der Waals surface area contributed by atoms with Crippen molar-refractivity contribution in [2.45, 2.75) is 25.5 Å². The molecular weight excluding hydrogens is 398 g/mol. The number of likely N-dealkylation sites (tertiary alicyclic amines) is 1. The third-order valence-corrected chi connectivity index (χ3v) is 6.32. The third kappa shape index (κ3) is 4.21. The Morgan fingerprint density at radius 2 is 1.79 bits per heavy atom. The van der Waals surface area contributed by atoms with Gasteiger partial charge in [-0.1, -0.05) is 18.9 Å². The molecule has 2 unspecified atom stereocenters. The van der Waals surface area contributed by atoms with E-state index in [9.17, 15) is 13.2 Å². The van der Waals surface area contributed by atoms with E-state index in [1.807, 2.05) is 0 Å². The first-order valence-electron chi connectivity index (χ1n) is 9.56. The van der Waals surface area contributed by atoms with Crippen molar-refractivity contribution in [1.82, 2.24) is 15.1 Å². The third-order valence-electron chi connectivity index (χ3n) is 5.00. The lowest BCUT2D eigenvalue weighted by molar-refractivity contribution is -0.131. The lowest BCUT2D eigenvalue weighted by Gasteiger charge is -2.34. The van der Waals surface area contributed by atoms with E-state index in [1.165, 1.54) is 0 Å². The van der Waals surface area contributed by atoms with Crippen molar-refractivity contribution in [3.8, 4) is 23.0 Å². The molecule has 0 bridgehead atoms. The lowest BCUT2D eigenvalue weighted by Crippen LogP contribution is -2.44. The van der Waals surface area contributed by atoms with Gasteiger partial charge in [0.15, 0.2) is 11.5 Å². The van der Waals surface area contributed by atoms with Crippen LogP contribution in [0.5, 0.6) is 11.5 Å². The van der Waals surface area contributed by atoms with Gasteiger partial charge in [0, 0.05) is 18.7 Å². The van der Waals surface area contributed by atoms with Gasteiger partial charge in [0.1, 0.15) is 19.0 Å². The minimum Gasteiger partial charge on any atom is -0.486 e. The molecule has 1 saturated heterocycles. The van der Waals surface area contributed by atoms with Crippen molar-refractivity contribution in [3.05, 3.63) is 18.2 Å². The van der Waals surface area contributed by atoms with Crippen LogP contribution in [0.2, 0.25) is 0 Å². The van der Waals surface area contributed by atoms with Crippen LogP contribution in [-0.4, -0.2) is 61.5 Å². The summed E-state index contributed by atoms with van der Waals surface area (Å²) < 4.78 is 41.6. The van der Waals surface area contributed by atoms with Crippen LogP contribution in [0.15, 0.2) is 27.8 Å². The van der Waals surface area contributed by atoms with Gasteiger partial charge in [-0.3, -0.25) is 4.79 Å². The second-order valence-corrected chi connectivity index (χ2v) is 9.60. The van der Waals surface area contributed by atoms with Crippen LogP contribution in [0.1, 0.15) is 20.3 Å². The predicted molar refractivity (Wildman–Crippen MR) is 102 cm³/mol. The van der Waals surface area contributed by atoms with Crippen LogP contribution in [0.25, 0.3) is 11.5 Å². The maximum Gasteiger partial charge on any atom is 0.336 e. The van der Waals surface area contributed by atoms with Crippen molar-refractivity contribution >= 4 is 15.7 Å². The van der Waals surface area contributed by atoms with Crippen molar-refractivity contribution in [2.24, 2.45) is 11.8 Å². The molecule has 2 aliphatic heterocycles. The smallest absolute Gasteiger partial charge is 0.336 e. The van der Waals surface area contributed by atoms with Crippen molar-refractivity contribution < 1.29 is 27.1 Å². The summed E-state index contributed by atoms with van der Waals surface area (Å²) in [6.07, 6.45) is 1.03. The summed E-state index contributed by atoms with van der Waals surface area (Å²) >= 11 is 0. The second-order valence-electron chi connectivity index (χ2n) is 7.74. The fraction of sp³-hybridized carbons (Fsp3) is 0.526. The molecule has 2 aliphatic rings. The highest BCUT2D eigenvalue weighted by molar-refractivity contribution is 7.91. The Balaban J connectivity index is 1.50. The molecule has 0 N–H and O–H groups in total.